The van der Waals surface area contributed by atoms with Gasteiger partial charge < -0.3 is 26.3 Å². The van der Waals surface area contributed by atoms with Crippen LogP contribution in [0.25, 0.3) is 22.1 Å². The normalized spacial score (nSPS) is 11.1. The summed E-state index contributed by atoms with van der Waals surface area (Å²) in [6.45, 7) is 0.618. The van der Waals surface area contributed by atoms with Gasteiger partial charge in [0.2, 0.25) is 0 Å². The van der Waals surface area contributed by atoms with E-state index in [1.807, 2.05) is 48.5 Å². The number of aryl methyl sites for hydroxylation is 1. The van der Waals surface area contributed by atoms with Crippen LogP contribution in [0.3, 0.4) is 0 Å². The standard InChI is InChI=1S/C26H26N8O/c27-26(28)30-18-9-11-20-22(14-18)34-24(32-20)15-23-31-19-10-8-17(13-21(19)33-23)25(35)29-12-4-7-16-5-2-1-3-6-16/h1-3,5-6,8-11,13-14H,4,7,12,15H2,(H,29,35)(H,31,33)(H,32,34)(H4,27,28,30). The van der Waals surface area contributed by atoms with Gasteiger partial charge in [-0.3, -0.25) is 10.2 Å². The van der Waals surface area contributed by atoms with E-state index in [0.29, 0.717) is 24.2 Å². The monoisotopic (exact) mass is 466 g/mol. The van der Waals surface area contributed by atoms with Crippen LogP contribution in [0.4, 0.5) is 5.69 Å². The van der Waals surface area contributed by atoms with Crippen molar-refractivity contribution < 1.29 is 4.79 Å². The Morgan fingerprint density at radius 3 is 2.31 bits per heavy atom. The number of hydrogen-bond donors (Lipinski definition) is 6. The van der Waals surface area contributed by atoms with Gasteiger partial charge in [0.1, 0.15) is 11.6 Å². The second-order valence-corrected chi connectivity index (χ2v) is 8.39. The summed E-state index contributed by atoms with van der Waals surface area (Å²) in [6, 6.07) is 21.3. The molecule has 0 bridgehead atoms. The van der Waals surface area contributed by atoms with Crippen molar-refractivity contribution >= 4 is 39.6 Å². The smallest absolute Gasteiger partial charge is 0.251 e. The van der Waals surface area contributed by atoms with Gasteiger partial charge in [-0.05, 0) is 54.8 Å². The number of nitrogens with one attached hydrogen (secondary N) is 5. The van der Waals surface area contributed by atoms with Crippen LogP contribution < -0.4 is 16.4 Å². The molecule has 9 heteroatoms. The molecule has 0 unspecified atom stereocenters. The number of benzene rings is 3. The van der Waals surface area contributed by atoms with E-state index < -0.39 is 0 Å². The Balaban J connectivity index is 1.23. The van der Waals surface area contributed by atoms with Crippen molar-refractivity contribution in [1.29, 1.82) is 5.41 Å². The molecule has 9 nitrogen and oxygen atoms in total. The van der Waals surface area contributed by atoms with E-state index >= 15 is 0 Å². The molecule has 176 valence electrons. The molecule has 5 rings (SSSR count). The van der Waals surface area contributed by atoms with E-state index in [9.17, 15) is 4.79 Å². The second kappa shape index (κ2) is 9.68. The number of H-pyrrole nitrogens is 2. The van der Waals surface area contributed by atoms with Crippen LogP contribution in [0.15, 0.2) is 66.7 Å². The molecule has 0 aliphatic rings. The van der Waals surface area contributed by atoms with Crippen molar-refractivity contribution in [1.82, 2.24) is 25.3 Å². The summed E-state index contributed by atoms with van der Waals surface area (Å²) in [5.41, 5.74) is 11.2. The molecule has 0 radical (unpaired) electrons. The number of hydrogen-bond acceptors (Lipinski definition) is 4. The van der Waals surface area contributed by atoms with Gasteiger partial charge in [0.05, 0.1) is 28.5 Å². The minimum atomic E-state index is -0.123. The molecule has 0 spiro atoms. The van der Waals surface area contributed by atoms with Gasteiger partial charge in [-0.25, -0.2) is 9.97 Å². The Kier molecular flexibility index (Phi) is 6.13. The topological polar surface area (TPSA) is 148 Å². The van der Waals surface area contributed by atoms with Crippen LogP contribution >= 0.6 is 0 Å². The van der Waals surface area contributed by atoms with E-state index in [1.54, 1.807) is 6.07 Å². The van der Waals surface area contributed by atoms with Gasteiger partial charge in [0.25, 0.3) is 5.91 Å². The second-order valence-electron chi connectivity index (χ2n) is 8.39. The van der Waals surface area contributed by atoms with Gasteiger partial charge in [0, 0.05) is 17.8 Å². The van der Waals surface area contributed by atoms with Crippen LogP contribution in [0.2, 0.25) is 0 Å². The average molecular weight is 467 g/mol. The molecule has 2 heterocycles. The predicted molar refractivity (Wildman–Crippen MR) is 138 cm³/mol. The van der Waals surface area contributed by atoms with Crippen LogP contribution in [-0.2, 0) is 12.8 Å². The average Bonchev–Trinajstić information content (AvgIpc) is 3.44. The van der Waals surface area contributed by atoms with Crippen molar-refractivity contribution in [3.63, 3.8) is 0 Å². The van der Waals surface area contributed by atoms with Crippen molar-refractivity contribution in [3.8, 4) is 0 Å². The zero-order valence-corrected chi connectivity index (χ0v) is 19.1. The fraction of sp³-hybridized carbons (Fsp3) is 0.154. The van der Waals surface area contributed by atoms with Gasteiger partial charge in [-0.2, -0.15) is 0 Å². The van der Waals surface area contributed by atoms with E-state index in [4.69, 9.17) is 11.1 Å². The Morgan fingerprint density at radius 1 is 0.914 bits per heavy atom. The van der Waals surface area contributed by atoms with Crippen molar-refractivity contribution in [2.75, 3.05) is 11.9 Å². The molecule has 0 aliphatic carbocycles. The molecule has 35 heavy (non-hydrogen) atoms. The highest BCUT2D eigenvalue weighted by atomic mass is 16.1. The first-order valence-corrected chi connectivity index (χ1v) is 11.4. The van der Waals surface area contributed by atoms with Gasteiger partial charge in [-0.15, -0.1) is 0 Å². The summed E-state index contributed by atoms with van der Waals surface area (Å²) in [6.07, 6.45) is 2.30. The third-order valence-corrected chi connectivity index (χ3v) is 5.71. The van der Waals surface area contributed by atoms with Crippen LogP contribution in [0.1, 0.15) is 34.0 Å². The number of carbonyl (C=O) groups excluding carboxylic acids is 1. The number of guanidine groups is 1. The molecule has 3 aromatic carbocycles. The molecule has 2 aromatic heterocycles. The molecule has 0 fully saturated rings. The number of anilines is 1. The van der Waals surface area contributed by atoms with Crippen molar-refractivity contribution in [2.24, 2.45) is 5.73 Å². The Hall–Kier alpha value is -4.66. The van der Waals surface area contributed by atoms with E-state index in [-0.39, 0.29) is 11.9 Å². The van der Waals surface area contributed by atoms with Gasteiger partial charge in [-0.1, -0.05) is 30.3 Å². The predicted octanol–water partition coefficient (Wildman–Crippen LogP) is 3.70. The molecule has 1 amide bonds. The quantitative estimate of drug-likeness (QED) is 0.117. The van der Waals surface area contributed by atoms with E-state index in [2.05, 4.69) is 42.7 Å². The molecule has 0 saturated heterocycles. The maximum Gasteiger partial charge on any atom is 0.251 e. The highest BCUT2D eigenvalue weighted by Crippen LogP contribution is 2.20. The molecular weight excluding hydrogens is 440 g/mol. The Bertz CT molecular complexity index is 1500. The fourth-order valence-corrected chi connectivity index (χ4v) is 4.06. The first-order chi connectivity index (χ1) is 17.0. The van der Waals surface area contributed by atoms with Crippen LogP contribution in [0, 0.1) is 5.41 Å². The SMILES string of the molecule is N=C(N)Nc1ccc2[nH]c(Cc3nc4cc(C(=O)NCCCc5ccccc5)ccc4[nH]3)nc2c1. The summed E-state index contributed by atoms with van der Waals surface area (Å²) in [5, 5.41) is 13.1. The zero-order chi connectivity index (χ0) is 24.2. The minimum absolute atomic E-state index is 0.100. The number of fused-ring (bicyclic) bond motifs is 2. The van der Waals surface area contributed by atoms with Crippen LogP contribution in [-0.4, -0.2) is 38.3 Å². The third kappa shape index (κ3) is 5.30. The molecule has 5 aromatic rings. The number of aromatic nitrogens is 4. The largest absolute Gasteiger partial charge is 0.370 e. The number of rotatable bonds is 8. The minimum Gasteiger partial charge on any atom is -0.370 e. The summed E-state index contributed by atoms with van der Waals surface area (Å²) >= 11 is 0. The first-order valence-electron chi connectivity index (χ1n) is 11.4. The maximum absolute atomic E-state index is 12.6. The van der Waals surface area contributed by atoms with E-state index in [1.165, 1.54) is 5.56 Å². The third-order valence-electron chi connectivity index (χ3n) is 5.71. The molecular formula is C26H26N8O. The number of imidazole rings is 2. The molecule has 0 atom stereocenters. The summed E-state index contributed by atoms with van der Waals surface area (Å²) in [5.74, 6) is 1.29. The summed E-state index contributed by atoms with van der Waals surface area (Å²) in [4.78, 5) is 28.5. The molecule has 7 N–H and O–H groups in total. The van der Waals surface area contributed by atoms with E-state index in [0.717, 1.165) is 46.6 Å². The number of nitrogens with zero attached hydrogens (tertiary/aromatic N) is 2. The lowest BCUT2D eigenvalue weighted by atomic mass is 10.1. The van der Waals surface area contributed by atoms with Gasteiger partial charge >= 0.3 is 0 Å². The Labute approximate surface area is 201 Å². The highest BCUT2D eigenvalue weighted by Gasteiger charge is 2.11. The van der Waals surface area contributed by atoms with Gasteiger partial charge in [0.15, 0.2) is 5.96 Å². The highest BCUT2D eigenvalue weighted by molar-refractivity contribution is 5.97. The lowest BCUT2D eigenvalue weighted by Crippen LogP contribution is -2.24. The zero-order valence-electron chi connectivity index (χ0n) is 19.1. The summed E-state index contributed by atoms with van der Waals surface area (Å²) in [7, 11) is 0. The lowest BCUT2D eigenvalue weighted by Gasteiger charge is -2.05. The first kappa shape index (κ1) is 22.1. The fourth-order valence-electron chi connectivity index (χ4n) is 4.06. The maximum atomic E-state index is 12.6. The summed E-state index contributed by atoms with van der Waals surface area (Å²) < 4.78 is 0. The Morgan fingerprint density at radius 2 is 1.60 bits per heavy atom. The number of nitrogens with two attached hydrogens (primary N) is 1. The number of carbonyl (C=O) groups is 1. The van der Waals surface area contributed by atoms with Crippen molar-refractivity contribution in [3.05, 3.63) is 89.5 Å². The lowest BCUT2D eigenvalue weighted by molar-refractivity contribution is 0.0953. The molecule has 0 saturated carbocycles. The number of aromatic amines is 2. The number of amides is 1. The van der Waals surface area contributed by atoms with Crippen molar-refractivity contribution in [2.45, 2.75) is 19.3 Å². The van der Waals surface area contributed by atoms with Crippen LogP contribution in [0.5, 0.6) is 0 Å². The molecule has 0 aliphatic heterocycles.